The van der Waals surface area contributed by atoms with E-state index in [4.69, 9.17) is 8.85 Å². The highest BCUT2D eigenvalue weighted by Crippen LogP contribution is 2.25. The summed E-state index contributed by atoms with van der Waals surface area (Å²) in [4.78, 5) is 11.2. The molecule has 1 aromatic carbocycles. The molecule has 0 aliphatic heterocycles. The van der Waals surface area contributed by atoms with Crippen LogP contribution in [0.1, 0.15) is 18.6 Å². The molecule has 0 fully saturated rings. The minimum absolute atomic E-state index is 0.0390. The first-order chi connectivity index (χ1) is 9.96. The van der Waals surface area contributed by atoms with Crippen LogP contribution in [0.4, 0.5) is 0 Å². The first-order valence-electron chi connectivity index (χ1n) is 7.67. The molecule has 1 N–H and O–H groups in total. The van der Waals surface area contributed by atoms with Crippen molar-refractivity contribution in [3.05, 3.63) is 29.8 Å². The average molecular weight is 340 g/mol. The van der Waals surface area contributed by atoms with Crippen molar-refractivity contribution in [2.75, 3.05) is 6.54 Å². The van der Waals surface area contributed by atoms with Crippen LogP contribution in [0.3, 0.4) is 0 Å². The van der Waals surface area contributed by atoms with Crippen LogP contribution < -0.4 is 9.74 Å². The zero-order valence-corrected chi connectivity index (χ0v) is 16.8. The van der Waals surface area contributed by atoms with Gasteiger partial charge in [0.1, 0.15) is 5.75 Å². The maximum Gasteiger partial charge on any atom is 0.242 e. The molecule has 4 nitrogen and oxygen atoms in total. The topological polar surface area (TPSA) is 47.6 Å². The second kappa shape index (κ2) is 7.43. The first-order valence-corrected chi connectivity index (χ1v) is 14.5. The van der Waals surface area contributed by atoms with Gasteiger partial charge in [0, 0.05) is 13.5 Å². The minimum Gasteiger partial charge on any atom is -0.544 e. The lowest BCUT2D eigenvalue weighted by atomic mass is 10.1. The van der Waals surface area contributed by atoms with Gasteiger partial charge in [0.05, 0.1) is 6.10 Å². The summed E-state index contributed by atoms with van der Waals surface area (Å²) in [6.45, 7) is 15.0. The summed E-state index contributed by atoms with van der Waals surface area (Å²) < 4.78 is 12.2. The van der Waals surface area contributed by atoms with Gasteiger partial charge in [0.15, 0.2) is 8.32 Å². The molecule has 0 aromatic heterocycles. The molecule has 1 rings (SSSR count). The summed E-state index contributed by atoms with van der Waals surface area (Å²) in [6, 6.07) is 8.04. The number of amides is 1. The molecule has 0 radical (unpaired) electrons. The van der Waals surface area contributed by atoms with E-state index >= 15 is 0 Å². The van der Waals surface area contributed by atoms with Crippen LogP contribution in [0.2, 0.25) is 39.3 Å². The van der Waals surface area contributed by atoms with Crippen LogP contribution in [-0.2, 0) is 9.22 Å². The zero-order chi connectivity index (χ0) is 17.0. The van der Waals surface area contributed by atoms with Crippen molar-refractivity contribution in [1.29, 1.82) is 0 Å². The number of carbonyl (C=O) groups excluding carboxylic acids is 1. The molecule has 1 unspecified atom stereocenters. The van der Waals surface area contributed by atoms with Crippen LogP contribution in [-0.4, -0.2) is 29.1 Å². The summed E-state index contributed by atoms with van der Waals surface area (Å²) in [5, 5.41) is 2.85. The maximum absolute atomic E-state index is 11.2. The Morgan fingerprint density at radius 3 is 2.00 bits per heavy atom. The third kappa shape index (κ3) is 7.77. The number of hydrogen-bond acceptors (Lipinski definition) is 3. The fourth-order valence-corrected chi connectivity index (χ4v) is 3.91. The maximum atomic E-state index is 11.2. The second-order valence-corrected chi connectivity index (χ2v) is 16.3. The van der Waals surface area contributed by atoms with Crippen molar-refractivity contribution < 1.29 is 13.6 Å². The van der Waals surface area contributed by atoms with E-state index in [1.807, 2.05) is 24.3 Å². The van der Waals surface area contributed by atoms with Gasteiger partial charge in [0.2, 0.25) is 14.2 Å². The molecular formula is C16H29NO3Si2. The molecule has 0 bridgehead atoms. The predicted molar refractivity (Wildman–Crippen MR) is 96.3 cm³/mol. The highest BCUT2D eigenvalue weighted by atomic mass is 28.4. The van der Waals surface area contributed by atoms with Gasteiger partial charge in [-0.15, -0.1) is 0 Å². The Bertz CT molecular complexity index is 490. The van der Waals surface area contributed by atoms with E-state index in [9.17, 15) is 4.79 Å². The summed E-state index contributed by atoms with van der Waals surface area (Å²) in [5.41, 5.74) is 1.07. The van der Waals surface area contributed by atoms with Gasteiger partial charge in [0.25, 0.3) is 0 Å². The highest BCUT2D eigenvalue weighted by Gasteiger charge is 2.23. The zero-order valence-electron chi connectivity index (χ0n) is 14.8. The van der Waals surface area contributed by atoms with E-state index < -0.39 is 16.6 Å². The summed E-state index contributed by atoms with van der Waals surface area (Å²) in [5.74, 6) is 0.858. The monoisotopic (exact) mass is 339 g/mol. The molecule has 1 atom stereocenters. The van der Waals surface area contributed by atoms with Crippen molar-refractivity contribution >= 4 is 22.5 Å². The lowest BCUT2D eigenvalue weighted by Gasteiger charge is -2.27. The molecule has 6 heteroatoms. The van der Waals surface area contributed by atoms with Crippen molar-refractivity contribution in [1.82, 2.24) is 5.32 Å². The van der Waals surface area contributed by atoms with E-state index in [1.54, 1.807) is 0 Å². The highest BCUT2D eigenvalue weighted by molar-refractivity contribution is 6.70. The SMILES string of the molecule is CC(=O)NCC(O[Si](C)(C)C)c1ccc(O[Si](C)(C)C)cc1. The molecule has 124 valence electrons. The largest absolute Gasteiger partial charge is 0.544 e. The van der Waals surface area contributed by atoms with E-state index in [0.29, 0.717) is 6.54 Å². The Morgan fingerprint density at radius 2 is 1.59 bits per heavy atom. The van der Waals surface area contributed by atoms with Crippen molar-refractivity contribution in [3.8, 4) is 5.75 Å². The van der Waals surface area contributed by atoms with Gasteiger partial charge in [-0.3, -0.25) is 4.79 Å². The summed E-state index contributed by atoms with van der Waals surface area (Å²) in [6.07, 6.45) is -0.114. The van der Waals surface area contributed by atoms with Gasteiger partial charge >= 0.3 is 0 Å². The van der Waals surface area contributed by atoms with Crippen molar-refractivity contribution in [2.24, 2.45) is 0 Å². The third-order valence-electron chi connectivity index (χ3n) is 2.71. The predicted octanol–water partition coefficient (Wildman–Crippen LogP) is 3.93. The van der Waals surface area contributed by atoms with Crippen LogP contribution in [0, 0.1) is 0 Å². The van der Waals surface area contributed by atoms with Gasteiger partial charge < -0.3 is 14.2 Å². The number of hydrogen-bond donors (Lipinski definition) is 1. The van der Waals surface area contributed by atoms with Gasteiger partial charge in [-0.2, -0.15) is 0 Å². The lowest BCUT2D eigenvalue weighted by molar-refractivity contribution is -0.119. The van der Waals surface area contributed by atoms with Gasteiger partial charge in [-0.1, -0.05) is 12.1 Å². The number of nitrogens with one attached hydrogen (secondary N) is 1. The minimum atomic E-state index is -1.70. The third-order valence-corrected chi connectivity index (χ3v) is 4.55. The van der Waals surface area contributed by atoms with Gasteiger partial charge in [-0.05, 0) is 57.0 Å². The van der Waals surface area contributed by atoms with Crippen LogP contribution >= 0.6 is 0 Å². The second-order valence-electron chi connectivity index (χ2n) is 7.44. The van der Waals surface area contributed by atoms with E-state index in [0.717, 1.165) is 11.3 Å². The standard InChI is InChI=1S/C16H29NO3Si2/c1-13(18)17-12-16(20-22(5,6)7)14-8-10-15(11-9-14)19-21(2,3)4/h8-11,16H,12H2,1-7H3,(H,17,18). The number of benzene rings is 1. The fourth-order valence-electron chi connectivity index (χ4n) is 1.99. The normalized spacial score (nSPS) is 13.6. The Hall–Kier alpha value is -1.12. The van der Waals surface area contributed by atoms with E-state index in [-0.39, 0.29) is 12.0 Å². The molecule has 1 aromatic rings. The first kappa shape index (κ1) is 18.9. The van der Waals surface area contributed by atoms with E-state index in [2.05, 4.69) is 44.6 Å². The summed E-state index contributed by atoms with van der Waals surface area (Å²) in [7, 11) is -3.29. The Labute approximate surface area is 136 Å². The Balaban J connectivity index is 2.87. The molecule has 0 saturated carbocycles. The quantitative estimate of drug-likeness (QED) is 0.766. The molecule has 0 spiro atoms. The fraction of sp³-hybridized carbons (Fsp3) is 0.562. The molecule has 0 aliphatic rings. The van der Waals surface area contributed by atoms with Crippen molar-refractivity contribution in [2.45, 2.75) is 52.3 Å². The molecule has 0 heterocycles. The number of carbonyl (C=O) groups is 1. The Kier molecular flexibility index (Phi) is 6.40. The molecule has 0 saturated heterocycles. The smallest absolute Gasteiger partial charge is 0.242 e. The Morgan fingerprint density at radius 1 is 1.05 bits per heavy atom. The summed E-state index contributed by atoms with van der Waals surface area (Å²) >= 11 is 0. The van der Waals surface area contributed by atoms with Crippen LogP contribution in [0.15, 0.2) is 24.3 Å². The van der Waals surface area contributed by atoms with Gasteiger partial charge in [-0.25, -0.2) is 0 Å². The van der Waals surface area contributed by atoms with E-state index in [1.165, 1.54) is 6.92 Å². The number of rotatable bonds is 7. The van der Waals surface area contributed by atoms with Crippen LogP contribution in [0.25, 0.3) is 0 Å². The van der Waals surface area contributed by atoms with Crippen molar-refractivity contribution in [3.63, 3.8) is 0 Å². The molecule has 22 heavy (non-hydrogen) atoms. The molecule has 0 aliphatic carbocycles. The lowest BCUT2D eigenvalue weighted by Crippen LogP contribution is -2.34. The molecule has 1 amide bonds. The molecular weight excluding hydrogens is 310 g/mol. The van der Waals surface area contributed by atoms with Crippen LogP contribution in [0.5, 0.6) is 5.75 Å². The average Bonchev–Trinajstić information content (AvgIpc) is 2.32.